The summed E-state index contributed by atoms with van der Waals surface area (Å²) >= 11 is -0.110. The molecule has 2 heterocycles. The second-order valence-corrected chi connectivity index (χ2v) is 9.66. The van der Waals surface area contributed by atoms with E-state index in [2.05, 4.69) is 0 Å². The number of non-ortho nitro benzene ring substituents is 1. The summed E-state index contributed by atoms with van der Waals surface area (Å²) in [4.78, 5) is 36.6. The lowest BCUT2D eigenvalue weighted by atomic mass is 9.82. The van der Waals surface area contributed by atoms with Crippen molar-refractivity contribution in [3.05, 3.63) is 49.9 Å². The first-order valence-electron chi connectivity index (χ1n) is 8.22. The Morgan fingerprint density at radius 2 is 2.00 bits per heavy atom. The Morgan fingerprint density at radius 3 is 2.56 bits per heavy atom. The lowest BCUT2D eigenvalue weighted by molar-refractivity contribution is -0.384. The highest BCUT2D eigenvalue weighted by molar-refractivity contribution is 8.19. The van der Waals surface area contributed by atoms with Crippen molar-refractivity contribution in [2.75, 3.05) is 5.75 Å². The molecule has 1 aromatic carbocycles. The second-order valence-electron chi connectivity index (χ2n) is 6.64. The number of ether oxygens (including phenoxy) is 1. The standard InChI is InChI=1S/C17H18N2O6S2/c1-4-27(24)14-12(18-15(21)17(2,3)16(18)26-14)13(20)25-9-10-5-7-11(8-6-10)19(22)23/h5-8,16H,4,9H2,1-3H3/t16-,27?/m0/s1. The van der Waals surface area contributed by atoms with Gasteiger partial charge in [-0.1, -0.05) is 0 Å². The zero-order valence-corrected chi connectivity index (χ0v) is 16.6. The third-order valence-corrected chi connectivity index (χ3v) is 7.86. The molecule has 0 saturated carbocycles. The Kier molecular flexibility index (Phi) is 5.24. The molecule has 27 heavy (non-hydrogen) atoms. The smallest absolute Gasteiger partial charge is 0.361 e. The third-order valence-electron chi connectivity index (χ3n) is 4.45. The predicted molar refractivity (Wildman–Crippen MR) is 101 cm³/mol. The van der Waals surface area contributed by atoms with Crippen LogP contribution >= 0.6 is 11.8 Å². The topological polar surface area (TPSA) is 113 Å². The van der Waals surface area contributed by atoms with Gasteiger partial charge < -0.3 is 9.29 Å². The minimum atomic E-state index is -1.39. The summed E-state index contributed by atoms with van der Waals surface area (Å²) < 4.78 is 18.0. The van der Waals surface area contributed by atoms with Crippen LogP contribution in [-0.2, 0) is 32.1 Å². The summed E-state index contributed by atoms with van der Waals surface area (Å²) in [6.45, 7) is 5.22. The molecule has 2 aliphatic heterocycles. The van der Waals surface area contributed by atoms with E-state index in [-0.39, 0.29) is 29.3 Å². The minimum absolute atomic E-state index is 0.0522. The van der Waals surface area contributed by atoms with Crippen molar-refractivity contribution in [2.45, 2.75) is 32.8 Å². The van der Waals surface area contributed by atoms with Gasteiger partial charge in [0.2, 0.25) is 10.1 Å². The van der Waals surface area contributed by atoms with E-state index >= 15 is 0 Å². The van der Waals surface area contributed by atoms with Crippen molar-refractivity contribution in [2.24, 2.45) is 5.41 Å². The van der Waals surface area contributed by atoms with Crippen LogP contribution in [0.2, 0.25) is 0 Å². The molecular weight excluding hydrogens is 392 g/mol. The molecule has 144 valence electrons. The van der Waals surface area contributed by atoms with Gasteiger partial charge >= 0.3 is 5.97 Å². The maximum Gasteiger partial charge on any atom is 0.361 e. The van der Waals surface area contributed by atoms with Gasteiger partial charge in [-0.3, -0.25) is 19.8 Å². The van der Waals surface area contributed by atoms with Crippen LogP contribution in [0.4, 0.5) is 5.69 Å². The number of rotatable bonds is 6. The molecule has 1 saturated heterocycles. The van der Waals surface area contributed by atoms with E-state index in [9.17, 15) is 24.3 Å². The molecule has 0 aromatic heterocycles. The highest BCUT2D eigenvalue weighted by Gasteiger charge is 2.63. The molecule has 0 aliphatic carbocycles. The Balaban J connectivity index is 1.77. The van der Waals surface area contributed by atoms with Gasteiger partial charge in [0.15, 0.2) is 5.70 Å². The average Bonchev–Trinajstić information content (AvgIpc) is 3.04. The fourth-order valence-electron chi connectivity index (χ4n) is 2.86. The Hall–Kier alpha value is -2.04. The molecule has 0 radical (unpaired) electrons. The van der Waals surface area contributed by atoms with Crippen LogP contribution in [0.15, 0.2) is 34.2 Å². The van der Waals surface area contributed by atoms with E-state index in [4.69, 9.17) is 4.74 Å². The summed E-state index contributed by atoms with van der Waals surface area (Å²) in [5, 5.41) is 10.4. The van der Waals surface area contributed by atoms with Gasteiger partial charge in [-0.25, -0.2) is 4.79 Å². The number of nitro groups is 1. The van der Waals surface area contributed by atoms with Crippen LogP contribution in [0.5, 0.6) is 0 Å². The normalized spacial score (nSPS) is 21.6. The molecule has 0 spiro atoms. The van der Waals surface area contributed by atoms with Gasteiger partial charge in [0.1, 0.15) is 17.7 Å². The first-order valence-corrected chi connectivity index (χ1v) is 10.4. The molecule has 2 aliphatic rings. The van der Waals surface area contributed by atoms with Gasteiger partial charge in [-0.05, 0) is 61.4 Å². The van der Waals surface area contributed by atoms with E-state index in [0.717, 1.165) is 0 Å². The SMILES string of the molecule is CC[S+]([O-])C1=C(C(=O)OCc2ccc([N+](=O)[O-])cc2)N2C(=O)C(C)(C)[C@@H]2S1. The number of benzene rings is 1. The van der Waals surface area contributed by atoms with E-state index < -0.39 is 27.5 Å². The van der Waals surface area contributed by atoms with Crippen LogP contribution in [0, 0.1) is 15.5 Å². The molecule has 1 amide bonds. The summed E-state index contributed by atoms with van der Waals surface area (Å²) in [5.74, 6) is -0.592. The number of nitrogens with zero attached hydrogens (tertiary/aromatic N) is 2. The van der Waals surface area contributed by atoms with Crippen LogP contribution in [0.1, 0.15) is 26.3 Å². The fraction of sp³-hybridized carbons (Fsp3) is 0.412. The van der Waals surface area contributed by atoms with E-state index in [1.807, 2.05) is 0 Å². The number of amides is 1. The zero-order chi connectivity index (χ0) is 19.9. The number of esters is 1. The number of thioether (sulfide) groups is 1. The molecule has 1 unspecified atom stereocenters. The first kappa shape index (κ1) is 19.7. The average molecular weight is 410 g/mol. The van der Waals surface area contributed by atoms with E-state index in [1.54, 1.807) is 20.8 Å². The van der Waals surface area contributed by atoms with Gasteiger partial charge in [-0.15, -0.1) is 0 Å². The van der Waals surface area contributed by atoms with Crippen LogP contribution in [0.25, 0.3) is 0 Å². The number of hydrogen-bond donors (Lipinski definition) is 0. The molecular formula is C17H18N2O6S2. The van der Waals surface area contributed by atoms with Crippen molar-refractivity contribution in [3.8, 4) is 0 Å². The lowest BCUT2D eigenvalue weighted by Gasteiger charge is -2.47. The van der Waals surface area contributed by atoms with Crippen molar-refractivity contribution < 1.29 is 23.8 Å². The fourth-order valence-corrected chi connectivity index (χ4v) is 5.77. The van der Waals surface area contributed by atoms with Crippen molar-refractivity contribution in [1.29, 1.82) is 0 Å². The molecule has 2 atom stereocenters. The van der Waals surface area contributed by atoms with E-state index in [0.29, 0.717) is 15.6 Å². The number of carbonyl (C=O) groups is 2. The van der Waals surface area contributed by atoms with Crippen molar-refractivity contribution in [3.63, 3.8) is 0 Å². The molecule has 8 nitrogen and oxygen atoms in total. The van der Waals surface area contributed by atoms with Gasteiger partial charge in [0.25, 0.3) is 5.69 Å². The Labute approximate surface area is 163 Å². The summed E-state index contributed by atoms with van der Waals surface area (Å²) in [5.41, 5.74) is -0.0627. The zero-order valence-electron chi connectivity index (χ0n) is 15.0. The highest BCUT2D eigenvalue weighted by atomic mass is 32.3. The molecule has 1 aromatic rings. The van der Waals surface area contributed by atoms with Crippen molar-refractivity contribution >= 4 is 40.5 Å². The lowest BCUT2D eigenvalue weighted by Crippen LogP contribution is -2.63. The van der Waals surface area contributed by atoms with Crippen molar-refractivity contribution in [1.82, 2.24) is 4.90 Å². The summed E-state index contributed by atoms with van der Waals surface area (Å²) in [6, 6.07) is 5.63. The maximum atomic E-state index is 12.6. The number of fused-ring (bicyclic) bond motifs is 1. The van der Waals surface area contributed by atoms with Crippen LogP contribution in [-0.4, -0.2) is 37.4 Å². The number of nitro benzene ring substituents is 1. The largest absolute Gasteiger partial charge is 0.611 e. The third kappa shape index (κ3) is 3.32. The van der Waals surface area contributed by atoms with Crippen LogP contribution in [0.3, 0.4) is 0 Å². The second kappa shape index (κ2) is 7.17. The maximum absolute atomic E-state index is 12.6. The molecule has 10 heteroatoms. The van der Waals surface area contributed by atoms with Gasteiger partial charge in [-0.2, -0.15) is 0 Å². The molecule has 0 bridgehead atoms. The van der Waals surface area contributed by atoms with E-state index in [1.165, 1.54) is 40.9 Å². The number of β-lactam (4-membered cyclic amide) rings is 1. The van der Waals surface area contributed by atoms with Gasteiger partial charge in [0, 0.05) is 12.1 Å². The predicted octanol–water partition coefficient (Wildman–Crippen LogP) is 2.52. The first-order chi connectivity index (χ1) is 12.7. The Bertz CT molecular complexity index is 836. The number of hydrogen-bond acceptors (Lipinski definition) is 7. The monoisotopic (exact) mass is 410 g/mol. The Morgan fingerprint density at radius 1 is 1.37 bits per heavy atom. The highest BCUT2D eigenvalue weighted by Crippen LogP contribution is 2.56. The molecule has 1 fully saturated rings. The summed E-state index contributed by atoms with van der Waals surface area (Å²) in [7, 11) is 0. The van der Waals surface area contributed by atoms with Crippen LogP contribution < -0.4 is 0 Å². The summed E-state index contributed by atoms with van der Waals surface area (Å²) in [6.07, 6.45) is 0. The molecule has 0 N–H and O–H groups in total. The van der Waals surface area contributed by atoms with Gasteiger partial charge in [0.05, 0.1) is 10.3 Å². The number of carbonyl (C=O) groups excluding carboxylic acids is 2. The minimum Gasteiger partial charge on any atom is -0.611 e. The molecule has 3 rings (SSSR count). The quantitative estimate of drug-likeness (QED) is 0.233.